The summed E-state index contributed by atoms with van der Waals surface area (Å²) >= 11 is 0. The molecule has 2 aromatic rings. The number of benzene rings is 2. The maximum Gasteiger partial charge on any atom is -0.0114 e. The van der Waals surface area contributed by atoms with Crippen LogP contribution < -0.4 is 0 Å². The molecule has 0 radical (unpaired) electrons. The number of aryl methyl sites for hydroxylation is 4. The summed E-state index contributed by atoms with van der Waals surface area (Å²) in [6.07, 6.45) is 12.7. The van der Waals surface area contributed by atoms with Gasteiger partial charge in [-0.05, 0) is 103 Å². The third kappa shape index (κ3) is 4.33. The number of unbranched alkanes of at least 4 members (excludes halogenated alkanes) is 3. The van der Waals surface area contributed by atoms with Gasteiger partial charge in [0.05, 0.1) is 0 Å². The molecule has 0 heteroatoms. The van der Waals surface area contributed by atoms with E-state index in [-0.39, 0.29) is 0 Å². The normalized spacial score (nSPS) is 11.5. The highest BCUT2D eigenvalue weighted by Crippen LogP contribution is 2.37. The Morgan fingerprint density at radius 3 is 1.62 bits per heavy atom. The molecule has 0 atom stereocenters. The lowest BCUT2D eigenvalue weighted by Crippen LogP contribution is -2.08. The van der Waals surface area contributed by atoms with Crippen LogP contribution in [0.3, 0.4) is 0 Å². The molecule has 0 saturated heterocycles. The van der Waals surface area contributed by atoms with Crippen molar-refractivity contribution in [1.29, 1.82) is 0 Å². The van der Waals surface area contributed by atoms with Crippen molar-refractivity contribution in [2.45, 2.75) is 106 Å². The van der Waals surface area contributed by atoms with Gasteiger partial charge in [0.25, 0.3) is 0 Å². The summed E-state index contributed by atoms with van der Waals surface area (Å²) < 4.78 is 0. The van der Waals surface area contributed by atoms with E-state index in [2.05, 4.69) is 53.7 Å². The highest BCUT2D eigenvalue weighted by atomic mass is 14.2. The molecule has 0 saturated carbocycles. The van der Waals surface area contributed by atoms with Crippen molar-refractivity contribution in [3.8, 4) is 0 Å². The summed E-state index contributed by atoms with van der Waals surface area (Å²) in [4.78, 5) is 0. The Kier molecular flexibility index (Phi) is 8.19. The van der Waals surface area contributed by atoms with Gasteiger partial charge in [0.2, 0.25) is 0 Å². The van der Waals surface area contributed by atoms with Crippen molar-refractivity contribution in [2.75, 3.05) is 0 Å². The molecule has 0 unspecified atom stereocenters. The molecule has 26 heavy (non-hydrogen) atoms. The second kappa shape index (κ2) is 10.1. The molecule has 0 nitrogen and oxygen atoms in total. The average Bonchev–Trinajstić information content (AvgIpc) is 2.65. The number of hydrogen-bond donors (Lipinski definition) is 0. The smallest absolute Gasteiger partial charge is 0.0114 e. The predicted octanol–water partition coefficient (Wildman–Crippen LogP) is 8.05. The monoisotopic (exact) mass is 352 g/mol. The second-order valence-electron chi connectivity index (χ2n) is 8.01. The molecule has 0 aliphatic rings. The van der Waals surface area contributed by atoms with Crippen LogP contribution in [0.4, 0.5) is 0 Å². The van der Waals surface area contributed by atoms with Crippen LogP contribution in [0.5, 0.6) is 0 Å². The zero-order valence-corrected chi connectivity index (χ0v) is 18.2. The van der Waals surface area contributed by atoms with Gasteiger partial charge in [0.15, 0.2) is 0 Å². The Labute approximate surface area is 162 Å². The molecule has 0 bridgehead atoms. The van der Waals surface area contributed by atoms with Gasteiger partial charge in [-0.3, -0.25) is 0 Å². The molecule has 0 N–H and O–H groups in total. The van der Waals surface area contributed by atoms with Gasteiger partial charge in [-0.15, -0.1) is 0 Å². The highest BCUT2D eigenvalue weighted by Gasteiger charge is 2.19. The highest BCUT2D eigenvalue weighted by molar-refractivity contribution is 5.94. The van der Waals surface area contributed by atoms with Crippen molar-refractivity contribution in [1.82, 2.24) is 0 Å². The number of hydrogen-bond acceptors (Lipinski definition) is 0. The van der Waals surface area contributed by atoms with Gasteiger partial charge < -0.3 is 0 Å². The molecule has 144 valence electrons. The van der Waals surface area contributed by atoms with Gasteiger partial charge in [0.1, 0.15) is 0 Å². The van der Waals surface area contributed by atoms with Crippen LogP contribution in [-0.4, -0.2) is 0 Å². The molecular formula is C26H40. The largest absolute Gasteiger partial charge is 0.0654 e. The van der Waals surface area contributed by atoms with E-state index in [1.807, 2.05) is 0 Å². The maximum atomic E-state index is 2.43. The fourth-order valence-electron chi connectivity index (χ4n) is 4.47. The maximum absolute atomic E-state index is 2.43. The van der Waals surface area contributed by atoms with E-state index in [1.165, 1.54) is 68.9 Å². The summed E-state index contributed by atoms with van der Waals surface area (Å²) in [7, 11) is 0. The lowest BCUT2D eigenvalue weighted by Gasteiger charge is -2.24. The van der Waals surface area contributed by atoms with E-state index in [9.17, 15) is 0 Å². The van der Waals surface area contributed by atoms with Gasteiger partial charge in [0, 0.05) is 0 Å². The van der Waals surface area contributed by atoms with Crippen LogP contribution in [0.25, 0.3) is 10.8 Å². The van der Waals surface area contributed by atoms with Crippen molar-refractivity contribution < 1.29 is 0 Å². The Hall–Kier alpha value is -1.30. The number of fused-ring (bicyclic) bond motifs is 1. The van der Waals surface area contributed by atoms with Gasteiger partial charge in [-0.25, -0.2) is 0 Å². The molecule has 0 aliphatic heterocycles. The summed E-state index contributed by atoms with van der Waals surface area (Å²) in [6.45, 7) is 14.0. The third-order valence-electron chi connectivity index (χ3n) is 6.15. The fourth-order valence-corrected chi connectivity index (χ4v) is 4.47. The molecule has 2 rings (SSSR count). The van der Waals surface area contributed by atoms with Gasteiger partial charge >= 0.3 is 0 Å². The quantitative estimate of drug-likeness (QED) is 0.406. The van der Waals surface area contributed by atoms with E-state index in [0.29, 0.717) is 0 Å². The zero-order chi connectivity index (χ0) is 19.1. The van der Waals surface area contributed by atoms with Crippen molar-refractivity contribution in [3.05, 3.63) is 45.5 Å². The first-order valence-corrected chi connectivity index (χ1v) is 11.2. The van der Waals surface area contributed by atoms with Gasteiger partial charge in [-0.2, -0.15) is 0 Å². The lowest BCUT2D eigenvalue weighted by molar-refractivity contribution is 0.733. The SMILES string of the molecule is CCCCc1c(CCCC)c(CC)c2c(C)c(C)ccc2c1CCCC. The average molecular weight is 353 g/mol. The molecule has 0 spiro atoms. The topological polar surface area (TPSA) is 0 Å². The first kappa shape index (κ1) is 21.0. The number of rotatable bonds is 10. The minimum Gasteiger partial charge on any atom is -0.0654 e. The summed E-state index contributed by atoms with van der Waals surface area (Å²) in [5.41, 5.74) is 9.73. The lowest BCUT2D eigenvalue weighted by atomic mass is 9.80. The Morgan fingerprint density at radius 1 is 0.615 bits per heavy atom. The van der Waals surface area contributed by atoms with E-state index in [4.69, 9.17) is 0 Å². The molecule has 0 heterocycles. The molecule has 0 aromatic heterocycles. The first-order valence-electron chi connectivity index (χ1n) is 11.2. The van der Waals surface area contributed by atoms with Crippen LogP contribution in [0.15, 0.2) is 12.1 Å². The molecule has 0 fully saturated rings. The van der Waals surface area contributed by atoms with E-state index in [0.717, 1.165) is 6.42 Å². The van der Waals surface area contributed by atoms with E-state index in [1.54, 1.807) is 33.0 Å². The van der Waals surface area contributed by atoms with Crippen LogP contribution in [0, 0.1) is 13.8 Å². The Morgan fingerprint density at radius 2 is 1.12 bits per heavy atom. The van der Waals surface area contributed by atoms with Crippen LogP contribution in [-0.2, 0) is 25.7 Å². The first-order chi connectivity index (χ1) is 12.6. The van der Waals surface area contributed by atoms with Crippen molar-refractivity contribution in [2.24, 2.45) is 0 Å². The standard InChI is InChI=1S/C26H40/c1-7-11-14-22-21(10-4)26-20(6)19(5)17-18-25(26)24(16-13-9-3)23(22)15-12-8-2/h17-18H,7-16H2,1-6H3. The van der Waals surface area contributed by atoms with Crippen LogP contribution >= 0.6 is 0 Å². The second-order valence-corrected chi connectivity index (χ2v) is 8.01. The zero-order valence-electron chi connectivity index (χ0n) is 18.2. The summed E-state index contributed by atoms with van der Waals surface area (Å²) in [5.74, 6) is 0. The van der Waals surface area contributed by atoms with E-state index >= 15 is 0 Å². The third-order valence-corrected chi connectivity index (χ3v) is 6.15. The van der Waals surface area contributed by atoms with E-state index < -0.39 is 0 Å². The van der Waals surface area contributed by atoms with Crippen LogP contribution in [0.1, 0.15) is 99.6 Å². The van der Waals surface area contributed by atoms with Gasteiger partial charge in [-0.1, -0.05) is 59.1 Å². The molecule has 2 aromatic carbocycles. The van der Waals surface area contributed by atoms with Crippen molar-refractivity contribution in [3.63, 3.8) is 0 Å². The van der Waals surface area contributed by atoms with Crippen LogP contribution in [0.2, 0.25) is 0 Å². The molecule has 0 aliphatic carbocycles. The molecular weight excluding hydrogens is 312 g/mol. The molecule has 0 amide bonds. The predicted molar refractivity (Wildman–Crippen MR) is 119 cm³/mol. The Balaban J connectivity index is 2.84. The fraction of sp³-hybridized carbons (Fsp3) is 0.615. The van der Waals surface area contributed by atoms with Crippen molar-refractivity contribution >= 4 is 10.8 Å². The summed E-state index contributed by atoms with van der Waals surface area (Å²) in [5, 5.41) is 3.15. The minimum atomic E-state index is 1.16. The minimum absolute atomic E-state index is 1.16. The summed E-state index contributed by atoms with van der Waals surface area (Å²) in [6, 6.07) is 4.78. The Bertz CT molecular complexity index is 721.